The van der Waals surface area contributed by atoms with Gasteiger partial charge in [0.2, 0.25) is 0 Å². The molecule has 2 aromatic rings. The lowest BCUT2D eigenvalue weighted by atomic mass is 10.1. The molecule has 1 heterocycles. The number of nitrogen functional groups attached to an aromatic ring is 1. The van der Waals surface area contributed by atoms with E-state index in [1.54, 1.807) is 6.20 Å². The van der Waals surface area contributed by atoms with Gasteiger partial charge in [0.05, 0.1) is 22.4 Å². The first kappa shape index (κ1) is 9.74. The van der Waals surface area contributed by atoms with Gasteiger partial charge in [0.25, 0.3) is 0 Å². The zero-order chi connectivity index (χ0) is 10.3. The number of fused-ring (bicyclic) bond motifs is 1. The number of hydrogen-bond acceptors (Lipinski definition) is 2. The van der Waals surface area contributed by atoms with Crippen molar-refractivity contribution in [2.45, 2.75) is 6.92 Å². The Hall–Kier alpha value is -0.800. The number of nitrogens with zero attached hydrogens (tertiary/aromatic N) is 1. The summed E-state index contributed by atoms with van der Waals surface area (Å²) in [6.45, 7) is 1.99. The molecule has 72 valence electrons. The summed E-state index contributed by atoms with van der Waals surface area (Å²) in [5.74, 6) is 0. The zero-order valence-electron chi connectivity index (χ0n) is 7.51. The maximum Gasteiger partial charge on any atom is 0.0759 e. The molecule has 0 bridgehead atoms. The minimum Gasteiger partial charge on any atom is -0.396 e. The Morgan fingerprint density at radius 1 is 1.43 bits per heavy atom. The van der Waals surface area contributed by atoms with Crippen molar-refractivity contribution in [1.82, 2.24) is 4.98 Å². The maximum absolute atomic E-state index is 6.11. The van der Waals surface area contributed by atoms with E-state index in [2.05, 4.69) is 20.9 Å². The summed E-state index contributed by atoms with van der Waals surface area (Å²) in [6, 6.07) is 3.94. The van der Waals surface area contributed by atoms with Crippen LogP contribution in [-0.4, -0.2) is 4.98 Å². The van der Waals surface area contributed by atoms with Crippen LogP contribution in [0, 0.1) is 6.92 Å². The lowest BCUT2D eigenvalue weighted by molar-refractivity contribution is 1.36. The number of aromatic nitrogens is 1. The monoisotopic (exact) mass is 270 g/mol. The van der Waals surface area contributed by atoms with E-state index >= 15 is 0 Å². The highest BCUT2D eigenvalue weighted by Crippen LogP contribution is 2.34. The van der Waals surface area contributed by atoms with Crippen molar-refractivity contribution in [3.63, 3.8) is 0 Å². The Balaban J connectivity index is 3.01. The van der Waals surface area contributed by atoms with Crippen molar-refractivity contribution >= 4 is 44.1 Å². The van der Waals surface area contributed by atoms with Crippen LogP contribution in [0.3, 0.4) is 0 Å². The molecular weight excluding hydrogens is 263 g/mol. The van der Waals surface area contributed by atoms with E-state index in [0.29, 0.717) is 10.7 Å². The number of aryl methyl sites for hydroxylation is 1. The summed E-state index contributed by atoms with van der Waals surface area (Å²) >= 11 is 9.54. The lowest BCUT2D eigenvalue weighted by Crippen LogP contribution is -1.92. The minimum absolute atomic E-state index is 0.505. The molecule has 0 saturated heterocycles. The Morgan fingerprint density at radius 3 is 2.86 bits per heavy atom. The van der Waals surface area contributed by atoms with E-state index in [1.165, 1.54) is 0 Å². The molecule has 0 amide bonds. The third-order valence-electron chi connectivity index (χ3n) is 2.13. The van der Waals surface area contributed by atoms with Gasteiger partial charge in [-0.3, -0.25) is 4.98 Å². The number of hydrogen-bond donors (Lipinski definition) is 1. The van der Waals surface area contributed by atoms with Crippen LogP contribution in [0.1, 0.15) is 5.56 Å². The second kappa shape index (κ2) is 3.41. The van der Waals surface area contributed by atoms with Crippen LogP contribution in [0.4, 0.5) is 5.69 Å². The average Bonchev–Trinajstić information content (AvgIpc) is 2.16. The Kier molecular flexibility index (Phi) is 2.37. The molecule has 2 rings (SSSR count). The number of benzene rings is 1. The molecule has 0 unspecified atom stereocenters. The van der Waals surface area contributed by atoms with Crippen LogP contribution < -0.4 is 5.73 Å². The second-order valence-electron chi connectivity index (χ2n) is 3.12. The Morgan fingerprint density at radius 2 is 2.14 bits per heavy atom. The van der Waals surface area contributed by atoms with Gasteiger partial charge in [0, 0.05) is 9.86 Å². The molecule has 2 nitrogen and oxygen atoms in total. The molecule has 14 heavy (non-hydrogen) atoms. The molecule has 0 aliphatic rings. The number of anilines is 1. The van der Waals surface area contributed by atoms with Crippen molar-refractivity contribution in [3.8, 4) is 0 Å². The molecule has 1 aromatic carbocycles. The first-order valence-electron chi connectivity index (χ1n) is 4.10. The topological polar surface area (TPSA) is 38.9 Å². The standard InChI is InChI=1S/C10H8BrClN2/c1-5-2-3-6(11)8-9(12)7(13)4-14-10(5)8/h2-4H,13H2,1H3. The molecular formula is C10H8BrClN2. The Labute approximate surface area is 95.2 Å². The normalized spacial score (nSPS) is 10.8. The Bertz CT molecular complexity index is 511. The van der Waals surface area contributed by atoms with Crippen LogP contribution in [0.5, 0.6) is 0 Å². The van der Waals surface area contributed by atoms with Crippen LogP contribution >= 0.6 is 27.5 Å². The summed E-state index contributed by atoms with van der Waals surface area (Å²) in [4.78, 5) is 4.26. The van der Waals surface area contributed by atoms with E-state index < -0.39 is 0 Å². The second-order valence-corrected chi connectivity index (χ2v) is 4.35. The summed E-state index contributed by atoms with van der Waals surface area (Å²) in [5.41, 5.74) is 8.17. The third-order valence-corrected chi connectivity index (χ3v) is 3.20. The van der Waals surface area contributed by atoms with Gasteiger partial charge in [-0.1, -0.05) is 33.6 Å². The van der Waals surface area contributed by atoms with Crippen LogP contribution in [0.25, 0.3) is 10.9 Å². The number of rotatable bonds is 0. The summed E-state index contributed by atoms with van der Waals surface area (Å²) in [6.07, 6.45) is 1.59. The van der Waals surface area contributed by atoms with Gasteiger partial charge >= 0.3 is 0 Å². The van der Waals surface area contributed by atoms with E-state index in [9.17, 15) is 0 Å². The first-order valence-corrected chi connectivity index (χ1v) is 5.27. The van der Waals surface area contributed by atoms with Gasteiger partial charge < -0.3 is 5.73 Å². The molecule has 2 N–H and O–H groups in total. The third kappa shape index (κ3) is 1.37. The smallest absolute Gasteiger partial charge is 0.0759 e. The highest BCUT2D eigenvalue weighted by molar-refractivity contribution is 9.10. The van der Waals surface area contributed by atoms with Crippen LogP contribution in [-0.2, 0) is 0 Å². The fraction of sp³-hybridized carbons (Fsp3) is 0.100. The SMILES string of the molecule is Cc1ccc(Br)c2c(Cl)c(N)cnc12. The van der Waals surface area contributed by atoms with Gasteiger partial charge in [-0.25, -0.2) is 0 Å². The number of nitrogens with two attached hydrogens (primary N) is 1. The lowest BCUT2D eigenvalue weighted by Gasteiger charge is -2.07. The van der Waals surface area contributed by atoms with Gasteiger partial charge in [0.1, 0.15) is 0 Å². The molecule has 0 atom stereocenters. The number of halogens is 2. The predicted molar refractivity (Wildman–Crippen MR) is 63.6 cm³/mol. The summed E-state index contributed by atoms with van der Waals surface area (Å²) in [7, 11) is 0. The van der Waals surface area contributed by atoms with Crippen LogP contribution in [0.15, 0.2) is 22.8 Å². The fourth-order valence-electron chi connectivity index (χ4n) is 1.38. The van der Waals surface area contributed by atoms with Crippen molar-refractivity contribution in [1.29, 1.82) is 0 Å². The minimum atomic E-state index is 0.505. The summed E-state index contributed by atoms with van der Waals surface area (Å²) < 4.78 is 0.919. The fourth-order valence-corrected chi connectivity index (χ4v) is 2.25. The molecule has 0 aliphatic carbocycles. The van der Waals surface area contributed by atoms with Crippen LogP contribution in [0.2, 0.25) is 5.02 Å². The predicted octanol–water partition coefficient (Wildman–Crippen LogP) is 3.54. The van der Waals surface area contributed by atoms with Gasteiger partial charge in [-0.15, -0.1) is 0 Å². The van der Waals surface area contributed by atoms with Gasteiger partial charge in [-0.2, -0.15) is 0 Å². The zero-order valence-corrected chi connectivity index (χ0v) is 9.85. The van der Waals surface area contributed by atoms with Crippen molar-refractivity contribution in [3.05, 3.63) is 33.4 Å². The van der Waals surface area contributed by atoms with Crippen molar-refractivity contribution in [2.75, 3.05) is 5.73 Å². The van der Waals surface area contributed by atoms with E-state index in [-0.39, 0.29) is 0 Å². The van der Waals surface area contributed by atoms with Gasteiger partial charge in [0.15, 0.2) is 0 Å². The van der Waals surface area contributed by atoms with Crippen molar-refractivity contribution in [2.24, 2.45) is 0 Å². The quantitative estimate of drug-likeness (QED) is 0.796. The molecule has 0 radical (unpaired) electrons. The first-order chi connectivity index (χ1) is 6.61. The highest BCUT2D eigenvalue weighted by atomic mass is 79.9. The highest BCUT2D eigenvalue weighted by Gasteiger charge is 2.09. The largest absolute Gasteiger partial charge is 0.396 e. The van der Waals surface area contributed by atoms with E-state index in [1.807, 2.05) is 19.1 Å². The van der Waals surface area contributed by atoms with E-state index in [4.69, 9.17) is 17.3 Å². The molecule has 0 fully saturated rings. The van der Waals surface area contributed by atoms with E-state index in [0.717, 1.165) is 20.9 Å². The molecule has 0 saturated carbocycles. The average molecular weight is 272 g/mol. The molecule has 0 aliphatic heterocycles. The molecule has 1 aromatic heterocycles. The molecule has 0 spiro atoms. The number of pyridine rings is 1. The molecule has 4 heteroatoms. The maximum atomic E-state index is 6.11. The van der Waals surface area contributed by atoms with Gasteiger partial charge in [-0.05, 0) is 18.6 Å². The van der Waals surface area contributed by atoms with Crippen molar-refractivity contribution < 1.29 is 0 Å². The summed E-state index contributed by atoms with van der Waals surface area (Å²) in [5, 5.41) is 1.44.